The van der Waals surface area contributed by atoms with Crippen LogP contribution >= 0.6 is 31.9 Å². The van der Waals surface area contributed by atoms with Crippen molar-refractivity contribution in [1.29, 1.82) is 0 Å². The second kappa shape index (κ2) is 15.8. The maximum absolute atomic E-state index is 12.7. The summed E-state index contributed by atoms with van der Waals surface area (Å²) in [6.45, 7) is 7.84. The number of allylic oxidation sites excluding steroid dienone is 4. The number of ether oxygens (including phenoxy) is 1. The van der Waals surface area contributed by atoms with Gasteiger partial charge in [0.25, 0.3) is 6.47 Å². The van der Waals surface area contributed by atoms with E-state index in [0.717, 1.165) is 31.2 Å². The van der Waals surface area contributed by atoms with Gasteiger partial charge in [0.15, 0.2) is 11.6 Å². The van der Waals surface area contributed by atoms with Gasteiger partial charge in [0, 0.05) is 44.5 Å². The van der Waals surface area contributed by atoms with E-state index in [1.165, 1.54) is 6.08 Å². The fourth-order valence-corrected chi connectivity index (χ4v) is 5.29. The average molecular weight is 758 g/mol. The van der Waals surface area contributed by atoms with Gasteiger partial charge in [-0.3, -0.25) is 33.9 Å². The summed E-state index contributed by atoms with van der Waals surface area (Å²) in [6, 6.07) is 18.8. The fraction of sp³-hybridized carbons (Fsp3) is 0.162. The van der Waals surface area contributed by atoms with Gasteiger partial charge in [-0.2, -0.15) is 0 Å². The minimum atomic E-state index is -0.153. The molecule has 0 saturated heterocycles. The van der Waals surface area contributed by atoms with E-state index in [9.17, 15) is 24.0 Å². The van der Waals surface area contributed by atoms with Gasteiger partial charge in [0.05, 0.1) is 11.1 Å². The van der Waals surface area contributed by atoms with E-state index in [-0.39, 0.29) is 34.5 Å². The molecule has 2 aliphatic rings. The Kier molecular flexibility index (Phi) is 11.8. The third-order valence-corrected chi connectivity index (χ3v) is 8.34. The Hall–Kier alpha value is -4.67. The molecule has 0 fully saturated rings. The molecule has 0 aliphatic heterocycles. The highest BCUT2D eigenvalue weighted by Crippen LogP contribution is 2.28. The Morgan fingerprint density at radius 2 is 1.19 bits per heavy atom. The number of nitrogens with zero attached hydrogens (tertiary/aromatic N) is 2. The largest absolute Gasteiger partial charge is 0.463 e. The first-order valence-electron chi connectivity index (χ1n) is 14.4. The monoisotopic (exact) mass is 756 g/mol. The number of pyridine rings is 2. The average Bonchev–Trinajstić information content (AvgIpc) is 3.06. The van der Waals surface area contributed by atoms with Gasteiger partial charge in [0.1, 0.15) is 18.0 Å². The number of carbonyl (C=O) groups excluding carboxylic acids is 5. The van der Waals surface area contributed by atoms with Crippen molar-refractivity contribution in [2.75, 3.05) is 0 Å². The number of Topliss-reactive ketones (excluding diaryl/α,β-unsaturated/α-hetero) is 3. The highest BCUT2D eigenvalue weighted by atomic mass is 79.9. The SMILES string of the molecule is CC1=C(Cc2ccc(Br)cc2)C(=O)c2cc(C)cnc2C1=O.CC1=CC(=O)c2cc(C)cnc2C1=O.O=COCc1ccc(Br)cc1. The number of hydrogen-bond donors (Lipinski definition) is 0. The molecule has 0 N–H and O–H groups in total. The lowest BCUT2D eigenvalue weighted by Crippen LogP contribution is -2.23. The summed E-state index contributed by atoms with van der Waals surface area (Å²) in [6.07, 6.45) is 5.04. The second-order valence-corrected chi connectivity index (χ2v) is 12.8. The summed E-state index contributed by atoms with van der Waals surface area (Å²) in [5.74, 6) is -0.527. The molecule has 0 bridgehead atoms. The van der Waals surface area contributed by atoms with Crippen molar-refractivity contribution in [1.82, 2.24) is 9.97 Å². The molecule has 6 rings (SSSR count). The van der Waals surface area contributed by atoms with Gasteiger partial charge in [-0.05, 0) is 92.4 Å². The van der Waals surface area contributed by atoms with E-state index in [4.69, 9.17) is 0 Å². The van der Waals surface area contributed by atoms with Crippen molar-refractivity contribution >= 4 is 61.5 Å². The third-order valence-electron chi connectivity index (χ3n) is 7.29. The number of hydrogen-bond acceptors (Lipinski definition) is 8. The van der Waals surface area contributed by atoms with Crippen LogP contribution in [0.4, 0.5) is 0 Å². The van der Waals surface area contributed by atoms with Gasteiger partial charge >= 0.3 is 0 Å². The van der Waals surface area contributed by atoms with Crippen LogP contribution in [0.2, 0.25) is 0 Å². The van der Waals surface area contributed by atoms with Gasteiger partial charge in [0.2, 0.25) is 11.6 Å². The molecule has 0 saturated carbocycles. The van der Waals surface area contributed by atoms with E-state index in [1.54, 1.807) is 38.4 Å². The molecule has 238 valence electrons. The third kappa shape index (κ3) is 8.78. The van der Waals surface area contributed by atoms with Crippen molar-refractivity contribution < 1.29 is 28.7 Å². The number of rotatable bonds is 5. The van der Waals surface area contributed by atoms with Crippen LogP contribution in [0, 0.1) is 13.8 Å². The van der Waals surface area contributed by atoms with E-state index in [2.05, 4.69) is 46.6 Å². The molecule has 4 aromatic rings. The number of halogens is 2. The van der Waals surface area contributed by atoms with Gasteiger partial charge in [-0.1, -0.05) is 56.1 Å². The Morgan fingerprint density at radius 1 is 0.681 bits per heavy atom. The normalized spacial score (nSPS) is 13.4. The minimum Gasteiger partial charge on any atom is -0.463 e. The van der Waals surface area contributed by atoms with Crippen LogP contribution in [0.3, 0.4) is 0 Å². The summed E-state index contributed by atoms with van der Waals surface area (Å²) in [4.78, 5) is 66.2. The number of benzene rings is 2. The first-order valence-corrected chi connectivity index (χ1v) is 16.0. The summed E-state index contributed by atoms with van der Waals surface area (Å²) in [5, 5.41) is 0. The molecule has 8 nitrogen and oxygen atoms in total. The molecular weight excluding hydrogens is 728 g/mol. The van der Waals surface area contributed by atoms with Gasteiger partial charge in [-0.15, -0.1) is 0 Å². The molecule has 2 aliphatic carbocycles. The van der Waals surface area contributed by atoms with Gasteiger partial charge < -0.3 is 4.74 Å². The molecule has 2 heterocycles. The lowest BCUT2D eigenvalue weighted by Gasteiger charge is -2.18. The number of fused-ring (bicyclic) bond motifs is 2. The topological polar surface area (TPSA) is 120 Å². The van der Waals surface area contributed by atoms with Crippen molar-refractivity contribution in [2.24, 2.45) is 0 Å². The van der Waals surface area contributed by atoms with E-state index < -0.39 is 0 Å². The highest BCUT2D eigenvalue weighted by Gasteiger charge is 2.31. The predicted molar refractivity (Wildman–Crippen MR) is 185 cm³/mol. The van der Waals surface area contributed by atoms with Crippen molar-refractivity contribution in [2.45, 2.75) is 40.7 Å². The summed E-state index contributed by atoms with van der Waals surface area (Å²) in [7, 11) is 0. The second-order valence-electron chi connectivity index (χ2n) is 10.9. The Bertz CT molecular complexity index is 1940. The lowest BCUT2D eigenvalue weighted by atomic mass is 9.84. The van der Waals surface area contributed by atoms with Crippen LogP contribution < -0.4 is 0 Å². The maximum atomic E-state index is 12.7. The summed E-state index contributed by atoms with van der Waals surface area (Å²) >= 11 is 6.70. The zero-order valence-electron chi connectivity index (χ0n) is 26.1. The van der Waals surface area contributed by atoms with Crippen molar-refractivity contribution in [3.8, 4) is 0 Å². The summed E-state index contributed by atoms with van der Waals surface area (Å²) in [5.41, 5.74) is 6.66. The molecule has 0 atom stereocenters. The minimum absolute atomic E-state index is 0.0915. The molecule has 2 aromatic carbocycles. The zero-order valence-corrected chi connectivity index (χ0v) is 29.3. The fourth-order valence-electron chi connectivity index (χ4n) is 4.77. The number of ketones is 4. The summed E-state index contributed by atoms with van der Waals surface area (Å²) < 4.78 is 6.57. The number of carbonyl (C=O) groups is 5. The van der Waals surface area contributed by atoms with Crippen LogP contribution in [0.1, 0.15) is 77.8 Å². The zero-order chi connectivity index (χ0) is 34.2. The molecule has 0 radical (unpaired) electrons. The molecule has 0 amide bonds. The molecule has 47 heavy (non-hydrogen) atoms. The highest BCUT2D eigenvalue weighted by molar-refractivity contribution is 9.10. The predicted octanol–water partition coefficient (Wildman–Crippen LogP) is 7.93. The van der Waals surface area contributed by atoms with Crippen molar-refractivity contribution in [3.63, 3.8) is 0 Å². The molecule has 10 heteroatoms. The van der Waals surface area contributed by atoms with E-state index >= 15 is 0 Å². The van der Waals surface area contributed by atoms with Crippen LogP contribution in [0.25, 0.3) is 0 Å². The quantitative estimate of drug-likeness (QED) is 0.188. The van der Waals surface area contributed by atoms with E-state index in [0.29, 0.717) is 47.3 Å². The van der Waals surface area contributed by atoms with Crippen molar-refractivity contribution in [3.05, 3.63) is 150 Å². The first-order chi connectivity index (χ1) is 22.4. The Morgan fingerprint density at radius 3 is 1.74 bits per heavy atom. The molecule has 2 aromatic heterocycles. The first kappa shape index (κ1) is 35.2. The number of aromatic nitrogens is 2. The Labute approximate surface area is 289 Å². The standard InChI is InChI=1S/C18H14BrNO2.C11H9NO2.C8H7BrO2/c1-10-7-15-16(20-9-10)17(21)11(2)14(18(15)22)8-12-3-5-13(19)6-4-12;1-6-3-8-9(13)4-7(2)11(14)10(8)12-5-6;9-8-3-1-7(2-4-8)5-11-6-10/h3-7,9H,8H2,1-2H3;3-5H,1-2H3;1-4,6H,5H2. The van der Waals surface area contributed by atoms with E-state index in [1.807, 2.05) is 62.4 Å². The smallest absolute Gasteiger partial charge is 0.293 e. The van der Waals surface area contributed by atoms with Gasteiger partial charge in [-0.25, -0.2) is 0 Å². The van der Waals surface area contributed by atoms with Crippen LogP contribution in [-0.2, 0) is 22.6 Å². The maximum Gasteiger partial charge on any atom is 0.293 e. The van der Waals surface area contributed by atoms with Crippen LogP contribution in [0.15, 0.2) is 105 Å². The van der Waals surface area contributed by atoms with Crippen LogP contribution in [0.5, 0.6) is 0 Å². The van der Waals surface area contributed by atoms with Crippen LogP contribution in [-0.4, -0.2) is 39.6 Å². The molecular formula is C37H30Br2N2O6. The Balaban J connectivity index is 0.000000172. The lowest BCUT2D eigenvalue weighted by molar-refractivity contribution is -0.129. The molecule has 0 spiro atoms. The number of aryl methyl sites for hydroxylation is 2. The molecule has 0 unspecified atom stereocenters.